The number of likely N-dealkylation sites (tertiary alicyclic amines) is 1. The zero-order chi connectivity index (χ0) is 17.7. The fraction of sp³-hybridized carbons (Fsp3) is 0.579. The van der Waals surface area contributed by atoms with Crippen molar-refractivity contribution in [2.24, 2.45) is 0 Å². The van der Waals surface area contributed by atoms with Crippen LogP contribution in [0.25, 0.3) is 0 Å². The minimum atomic E-state index is -0.278. The number of carbonyl (C=O) groups excluding carboxylic acids is 2. The van der Waals surface area contributed by atoms with E-state index in [4.69, 9.17) is 9.47 Å². The normalized spacial score (nSPS) is 26.0. The Labute approximate surface area is 148 Å². The number of rotatable bonds is 5. The number of amides is 2. The number of hydrogen-bond acceptors (Lipinski definition) is 4. The van der Waals surface area contributed by atoms with Crippen molar-refractivity contribution in [2.75, 3.05) is 26.2 Å². The van der Waals surface area contributed by atoms with Crippen LogP contribution in [0.5, 0.6) is 0 Å². The number of nitrogens with one attached hydrogen (secondary N) is 1. The lowest BCUT2D eigenvalue weighted by Crippen LogP contribution is -2.58. The van der Waals surface area contributed by atoms with Gasteiger partial charge in [-0.3, -0.25) is 9.59 Å². The third kappa shape index (κ3) is 4.38. The molecule has 0 aromatic heterocycles. The molecule has 1 N–H and O–H groups in total. The molecule has 2 heterocycles. The molecule has 136 valence electrons. The predicted molar refractivity (Wildman–Crippen MR) is 92.8 cm³/mol. The fourth-order valence-electron chi connectivity index (χ4n) is 3.63. The Kier molecular flexibility index (Phi) is 5.71. The molecule has 2 fully saturated rings. The Morgan fingerprint density at radius 3 is 2.80 bits per heavy atom. The molecule has 0 aliphatic carbocycles. The van der Waals surface area contributed by atoms with Crippen LogP contribution < -0.4 is 5.32 Å². The van der Waals surface area contributed by atoms with Crippen LogP contribution in [-0.4, -0.2) is 54.7 Å². The molecule has 2 atom stereocenters. The predicted octanol–water partition coefficient (Wildman–Crippen LogP) is 1.49. The van der Waals surface area contributed by atoms with Crippen molar-refractivity contribution in [1.82, 2.24) is 10.2 Å². The van der Waals surface area contributed by atoms with Gasteiger partial charge in [0.2, 0.25) is 11.8 Å². The molecule has 1 aromatic carbocycles. The van der Waals surface area contributed by atoms with Gasteiger partial charge in [-0.25, -0.2) is 0 Å². The molecule has 2 aliphatic rings. The lowest BCUT2D eigenvalue weighted by atomic mass is 9.85. The summed E-state index contributed by atoms with van der Waals surface area (Å²) in [5, 5.41) is 2.57. The SMILES string of the molecule is CC(=O)NCC(=O)N1CC[C@@]2(CCCO2)[C@@H](OCc2ccccc2)C1. The summed E-state index contributed by atoms with van der Waals surface area (Å²) < 4.78 is 12.3. The molecule has 1 spiro atoms. The summed E-state index contributed by atoms with van der Waals surface area (Å²) in [5.74, 6) is -0.269. The number of piperidine rings is 1. The van der Waals surface area contributed by atoms with Crippen molar-refractivity contribution in [3.63, 3.8) is 0 Å². The highest BCUT2D eigenvalue weighted by molar-refractivity contribution is 5.83. The first-order valence-electron chi connectivity index (χ1n) is 8.91. The van der Waals surface area contributed by atoms with Crippen molar-refractivity contribution in [1.29, 1.82) is 0 Å². The lowest BCUT2D eigenvalue weighted by molar-refractivity contribution is -0.167. The van der Waals surface area contributed by atoms with Crippen molar-refractivity contribution in [3.8, 4) is 0 Å². The van der Waals surface area contributed by atoms with Crippen molar-refractivity contribution < 1.29 is 19.1 Å². The largest absolute Gasteiger partial charge is 0.372 e. The third-order valence-electron chi connectivity index (χ3n) is 5.05. The molecular weight excluding hydrogens is 320 g/mol. The molecule has 0 saturated carbocycles. The third-order valence-corrected chi connectivity index (χ3v) is 5.05. The Balaban J connectivity index is 1.64. The van der Waals surface area contributed by atoms with E-state index in [1.165, 1.54) is 6.92 Å². The van der Waals surface area contributed by atoms with Crippen LogP contribution in [0.1, 0.15) is 31.7 Å². The smallest absolute Gasteiger partial charge is 0.242 e. The summed E-state index contributed by atoms with van der Waals surface area (Å²) in [6.45, 7) is 3.86. The van der Waals surface area contributed by atoms with E-state index >= 15 is 0 Å². The van der Waals surface area contributed by atoms with Gasteiger partial charge in [0.1, 0.15) is 6.10 Å². The average Bonchev–Trinajstić information content (AvgIpc) is 3.09. The Morgan fingerprint density at radius 1 is 1.32 bits per heavy atom. The standard InChI is InChI=1S/C19H26N2O4/c1-15(22)20-12-18(23)21-10-9-19(8-5-11-25-19)17(13-21)24-14-16-6-3-2-4-7-16/h2-4,6-7,17H,5,8-14H2,1H3,(H,20,22)/t17-,19-/m0/s1. The lowest BCUT2D eigenvalue weighted by Gasteiger charge is -2.44. The van der Waals surface area contributed by atoms with Crippen LogP contribution in [0.4, 0.5) is 0 Å². The number of hydrogen-bond donors (Lipinski definition) is 1. The molecule has 1 aromatic rings. The summed E-state index contributed by atoms with van der Waals surface area (Å²) in [6, 6.07) is 10.0. The Morgan fingerprint density at radius 2 is 2.12 bits per heavy atom. The van der Waals surface area contributed by atoms with Gasteiger partial charge in [0.25, 0.3) is 0 Å². The van der Waals surface area contributed by atoms with Crippen LogP contribution in [0, 0.1) is 0 Å². The van der Waals surface area contributed by atoms with Gasteiger partial charge in [-0.05, 0) is 24.8 Å². The highest BCUT2D eigenvalue weighted by Crippen LogP contribution is 2.38. The summed E-state index contributed by atoms with van der Waals surface area (Å²) in [4.78, 5) is 25.1. The number of benzene rings is 1. The van der Waals surface area contributed by atoms with Crippen LogP contribution in [0.3, 0.4) is 0 Å². The van der Waals surface area contributed by atoms with E-state index < -0.39 is 0 Å². The van der Waals surface area contributed by atoms with E-state index in [2.05, 4.69) is 5.32 Å². The van der Waals surface area contributed by atoms with Gasteiger partial charge in [-0.1, -0.05) is 30.3 Å². The molecule has 3 rings (SSSR count). The van der Waals surface area contributed by atoms with Gasteiger partial charge in [0.05, 0.1) is 18.8 Å². The van der Waals surface area contributed by atoms with E-state index in [0.29, 0.717) is 19.7 Å². The van der Waals surface area contributed by atoms with E-state index in [9.17, 15) is 9.59 Å². The van der Waals surface area contributed by atoms with Gasteiger partial charge in [-0.2, -0.15) is 0 Å². The van der Waals surface area contributed by atoms with Crippen LogP contribution in [-0.2, 0) is 25.7 Å². The molecule has 6 nitrogen and oxygen atoms in total. The molecule has 2 amide bonds. The fourth-order valence-corrected chi connectivity index (χ4v) is 3.63. The van der Waals surface area contributed by atoms with Crippen molar-refractivity contribution >= 4 is 11.8 Å². The first kappa shape index (κ1) is 17.9. The van der Waals surface area contributed by atoms with Crippen molar-refractivity contribution in [2.45, 2.75) is 44.5 Å². The highest BCUT2D eigenvalue weighted by Gasteiger charge is 2.47. The Bertz CT molecular complexity index is 599. The van der Waals surface area contributed by atoms with E-state index in [-0.39, 0.29) is 30.1 Å². The minimum absolute atomic E-state index is 0.0363. The van der Waals surface area contributed by atoms with Gasteiger partial charge in [0, 0.05) is 26.6 Å². The Hall–Kier alpha value is -1.92. The first-order chi connectivity index (χ1) is 12.1. The number of ether oxygens (including phenoxy) is 2. The number of carbonyl (C=O) groups is 2. The van der Waals surface area contributed by atoms with Gasteiger partial charge < -0.3 is 19.7 Å². The van der Waals surface area contributed by atoms with E-state index in [1.54, 1.807) is 4.90 Å². The maximum atomic E-state index is 12.3. The number of nitrogens with zero attached hydrogens (tertiary/aromatic N) is 1. The zero-order valence-corrected chi connectivity index (χ0v) is 14.7. The van der Waals surface area contributed by atoms with Crippen LogP contribution in [0.15, 0.2) is 30.3 Å². The molecule has 2 saturated heterocycles. The van der Waals surface area contributed by atoms with Crippen LogP contribution >= 0.6 is 0 Å². The minimum Gasteiger partial charge on any atom is -0.372 e. The molecule has 0 bridgehead atoms. The molecular formula is C19H26N2O4. The second-order valence-corrected chi connectivity index (χ2v) is 6.80. The quantitative estimate of drug-likeness (QED) is 0.877. The summed E-state index contributed by atoms with van der Waals surface area (Å²) in [6.07, 6.45) is 2.63. The highest BCUT2D eigenvalue weighted by atomic mass is 16.6. The molecule has 6 heteroatoms. The molecule has 0 unspecified atom stereocenters. The van der Waals surface area contributed by atoms with Gasteiger partial charge >= 0.3 is 0 Å². The van der Waals surface area contributed by atoms with E-state index in [1.807, 2.05) is 30.3 Å². The monoisotopic (exact) mass is 346 g/mol. The first-order valence-corrected chi connectivity index (χ1v) is 8.91. The summed E-state index contributed by atoms with van der Waals surface area (Å²) in [5.41, 5.74) is 0.830. The van der Waals surface area contributed by atoms with Gasteiger partial charge in [0.15, 0.2) is 0 Å². The van der Waals surface area contributed by atoms with Gasteiger partial charge in [-0.15, -0.1) is 0 Å². The second kappa shape index (κ2) is 7.97. The molecule has 2 aliphatic heterocycles. The zero-order valence-electron chi connectivity index (χ0n) is 14.7. The topological polar surface area (TPSA) is 67.9 Å². The van der Waals surface area contributed by atoms with Crippen molar-refractivity contribution in [3.05, 3.63) is 35.9 Å². The second-order valence-electron chi connectivity index (χ2n) is 6.80. The summed E-state index contributed by atoms with van der Waals surface area (Å²) >= 11 is 0. The average molecular weight is 346 g/mol. The van der Waals surface area contributed by atoms with Crippen LogP contribution in [0.2, 0.25) is 0 Å². The molecule has 0 radical (unpaired) electrons. The maximum absolute atomic E-state index is 12.3. The summed E-state index contributed by atoms with van der Waals surface area (Å²) in [7, 11) is 0. The van der Waals surface area contributed by atoms with E-state index in [0.717, 1.165) is 31.4 Å². The maximum Gasteiger partial charge on any atom is 0.242 e. The molecule has 25 heavy (non-hydrogen) atoms.